The molecule has 5 rings (SSSR count). The van der Waals surface area contributed by atoms with Crippen molar-refractivity contribution in [1.82, 2.24) is 25.8 Å². The summed E-state index contributed by atoms with van der Waals surface area (Å²) in [4.78, 5) is 45.0. The van der Waals surface area contributed by atoms with Crippen molar-refractivity contribution in [3.8, 4) is 5.75 Å². The molecule has 3 amide bonds. The van der Waals surface area contributed by atoms with Crippen LogP contribution < -0.4 is 20.7 Å². The number of hydrogen-bond donors (Lipinski definition) is 3. The molecule has 1 unspecified atom stereocenters. The number of fused-ring (bicyclic) bond motifs is 2. The van der Waals surface area contributed by atoms with Gasteiger partial charge in [-0.25, -0.2) is 8.78 Å². The Labute approximate surface area is 234 Å². The molecule has 40 heavy (non-hydrogen) atoms. The molecule has 2 saturated heterocycles. The zero-order valence-corrected chi connectivity index (χ0v) is 23.3. The quantitative estimate of drug-likeness (QED) is 0.472. The Morgan fingerprint density at radius 2 is 1.82 bits per heavy atom. The molecule has 1 aromatic rings. The number of nitrogens with zero attached hydrogens (tertiary/aromatic N) is 2. The first-order valence-electron chi connectivity index (χ1n) is 14.6. The Bertz CT molecular complexity index is 1090. The highest BCUT2D eigenvalue weighted by Gasteiger charge is 2.47. The molecule has 9 nitrogen and oxygen atoms in total. The number of ether oxygens (including phenoxy) is 1. The smallest absolute Gasteiger partial charge is 0.248 e. The van der Waals surface area contributed by atoms with Crippen LogP contribution in [-0.2, 0) is 14.4 Å². The molecule has 1 saturated carbocycles. The van der Waals surface area contributed by atoms with Crippen LogP contribution in [0, 0.1) is 5.92 Å². The largest absolute Gasteiger partial charge is 0.493 e. The number of carbonyl (C=O) groups is 3. The maximum atomic E-state index is 14.3. The van der Waals surface area contributed by atoms with Crippen molar-refractivity contribution < 1.29 is 27.9 Å². The molecule has 0 spiro atoms. The van der Waals surface area contributed by atoms with Gasteiger partial charge in [0.05, 0.1) is 18.7 Å². The molecule has 4 aliphatic rings. The van der Waals surface area contributed by atoms with E-state index >= 15 is 0 Å². The van der Waals surface area contributed by atoms with Crippen molar-refractivity contribution in [2.24, 2.45) is 5.92 Å². The molecule has 11 heteroatoms. The Kier molecular flexibility index (Phi) is 8.61. The molecule has 3 aliphatic heterocycles. The number of para-hydroxylation sites is 1. The molecule has 3 N–H and O–H groups in total. The lowest BCUT2D eigenvalue weighted by Crippen LogP contribution is -2.66. The number of hydrogen-bond acceptors (Lipinski definition) is 6. The molecule has 0 aromatic heterocycles. The summed E-state index contributed by atoms with van der Waals surface area (Å²) in [5.74, 6) is -3.41. The van der Waals surface area contributed by atoms with Crippen LogP contribution in [0.1, 0.15) is 63.5 Å². The Morgan fingerprint density at radius 1 is 1.07 bits per heavy atom. The summed E-state index contributed by atoms with van der Waals surface area (Å²) < 4.78 is 33.8. The number of halogens is 2. The highest BCUT2D eigenvalue weighted by atomic mass is 19.3. The molecule has 1 aromatic carbocycles. The predicted octanol–water partition coefficient (Wildman–Crippen LogP) is 2.22. The average Bonchev–Trinajstić information content (AvgIpc) is 3.42. The topological polar surface area (TPSA) is 103 Å². The molecule has 1 aliphatic carbocycles. The van der Waals surface area contributed by atoms with Crippen molar-refractivity contribution in [1.29, 1.82) is 0 Å². The maximum Gasteiger partial charge on any atom is 0.248 e. The SMILES string of the molecule is CN[C@@H](C)C(=O)N[C@H](C(=O)N1C[C@@H]2CCCN2CC1C(=O)N[C@@H]1CCOc2ccccc21)C1CCC(F)(F)CC1. The van der Waals surface area contributed by atoms with Gasteiger partial charge in [-0.1, -0.05) is 18.2 Å². The van der Waals surface area contributed by atoms with Gasteiger partial charge in [-0.05, 0) is 58.2 Å². The first-order chi connectivity index (χ1) is 19.2. The van der Waals surface area contributed by atoms with Gasteiger partial charge in [0.15, 0.2) is 0 Å². The Morgan fingerprint density at radius 3 is 2.58 bits per heavy atom. The number of piperazine rings is 1. The van der Waals surface area contributed by atoms with Crippen LogP contribution in [0.25, 0.3) is 0 Å². The first-order valence-corrected chi connectivity index (χ1v) is 14.6. The van der Waals surface area contributed by atoms with E-state index in [1.807, 2.05) is 24.3 Å². The molecular formula is C29H41F2N5O4. The summed E-state index contributed by atoms with van der Waals surface area (Å²) in [7, 11) is 1.65. The number of benzene rings is 1. The maximum absolute atomic E-state index is 14.3. The summed E-state index contributed by atoms with van der Waals surface area (Å²) in [6.07, 6.45) is 2.17. The lowest BCUT2D eigenvalue weighted by molar-refractivity contribution is -0.150. The fourth-order valence-electron chi connectivity index (χ4n) is 6.61. The minimum absolute atomic E-state index is 0.136. The molecule has 3 fully saturated rings. The van der Waals surface area contributed by atoms with Crippen molar-refractivity contribution in [2.75, 3.05) is 33.3 Å². The number of nitrogens with one attached hydrogen (secondary N) is 3. The minimum Gasteiger partial charge on any atom is -0.493 e. The van der Waals surface area contributed by atoms with E-state index in [0.29, 0.717) is 26.1 Å². The average molecular weight is 562 g/mol. The van der Waals surface area contributed by atoms with Crippen LogP contribution in [0.2, 0.25) is 0 Å². The number of rotatable bonds is 7. The standard InChI is InChI=1S/C29H41F2N5O4/c1-18(32-2)26(37)34-25(19-9-12-29(30,31)13-10-19)28(39)36-16-20-6-5-14-35(20)17-23(36)27(38)33-22-11-15-40-24-8-4-3-7-21(22)24/h3-4,7-8,18-20,22-23,25,32H,5-6,9-17H2,1-2H3,(H,33,38)(H,34,37)/t18-,20-,22+,23?,25-/m0/s1. The Hall–Kier alpha value is -2.79. The van der Waals surface area contributed by atoms with E-state index in [1.165, 1.54) is 0 Å². The fourth-order valence-corrected chi connectivity index (χ4v) is 6.61. The van der Waals surface area contributed by atoms with Crippen LogP contribution in [-0.4, -0.2) is 90.9 Å². The predicted molar refractivity (Wildman–Crippen MR) is 145 cm³/mol. The summed E-state index contributed by atoms with van der Waals surface area (Å²) in [5, 5.41) is 8.92. The Balaban J connectivity index is 1.39. The minimum atomic E-state index is -2.76. The highest BCUT2D eigenvalue weighted by Crippen LogP contribution is 2.38. The number of amides is 3. The summed E-state index contributed by atoms with van der Waals surface area (Å²) in [6, 6.07) is 5.25. The molecule has 220 valence electrons. The van der Waals surface area contributed by atoms with E-state index in [9.17, 15) is 23.2 Å². The van der Waals surface area contributed by atoms with Gasteiger partial charge in [0, 0.05) is 44.0 Å². The highest BCUT2D eigenvalue weighted by molar-refractivity contribution is 5.93. The van der Waals surface area contributed by atoms with Gasteiger partial charge in [-0.2, -0.15) is 0 Å². The second kappa shape index (κ2) is 12.0. The lowest BCUT2D eigenvalue weighted by Gasteiger charge is -2.45. The van der Waals surface area contributed by atoms with Gasteiger partial charge in [-0.15, -0.1) is 0 Å². The number of likely N-dealkylation sites (N-methyl/N-ethyl adjacent to an activating group) is 1. The van der Waals surface area contributed by atoms with Crippen LogP contribution in [0.15, 0.2) is 24.3 Å². The van der Waals surface area contributed by atoms with Gasteiger partial charge in [0.1, 0.15) is 17.8 Å². The van der Waals surface area contributed by atoms with Crippen LogP contribution in [0.4, 0.5) is 8.78 Å². The zero-order chi connectivity index (χ0) is 28.4. The van der Waals surface area contributed by atoms with Gasteiger partial charge in [0.25, 0.3) is 0 Å². The van der Waals surface area contributed by atoms with Crippen LogP contribution >= 0.6 is 0 Å². The summed E-state index contributed by atoms with van der Waals surface area (Å²) in [6.45, 7) is 3.81. The van der Waals surface area contributed by atoms with Gasteiger partial charge < -0.3 is 25.6 Å². The normalized spacial score (nSPS) is 28.0. The van der Waals surface area contributed by atoms with E-state index in [2.05, 4.69) is 20.9 Å². The second-order valence-corrected chi connectivity index (χ2v) is 11.7. The van der Waals surface area contributed by atoms with Crippen molar-refractivity contribution >= 4 is 17.7 Å². The third kappa shape index (κ3) is 6.10. The fraction of sp³-hybridized carbons (Fsp3) is 0.690. The van der Waals surface area contributed by atoms with E-state index in [-0.39, 0.29) is 55.5 Å². The molecule has 5 atom stereocenters. The third-order valence-electron chi connectivity index (χ3n) is 9.17. The van der Waals surface area contributed by atoms with Crippen LogP contribution in [0.3, 0.4) is 0 Å². The van der Waals surface area contributed by atoms with Gasteiger partial charge in [-0.3, -0.25) is 19.3 Å². The van der Waals surface area contributed by atoms with Gasteiger partial charge in [0.2, 0.25) is 23.6 Å². The number of carbonyl (C=O) groups excluding carboxylic acids is 3. The van der Waals surface area contributed by atoms with Crippen LogP contribution in [0.5, 0.6) is 5.75 Å². The molecular weight excluding hydrogens is 520 g/mol. The van der Waals surface area contributed by atoms with Crippen molar-refractivity contribution in [3.63, 3.8) is 0 Å². The van der Waals surface area contributed by atoms with E-state index in [4.69, 9.17) is 4.74 Å². The molecule has 3 heterocycles. The van der Waals surface area contributed by atoms with Gasteiger partial charge >= 0.3 is 0 Å². The molecule has 0 radical (unpaired) electrons. The van der Waals surface area contributed by atoms with Crippen molar-refractivity contribution in [2.45, 2.75) is 88.0 Å². The van der Waals surface area contributed by atoms with Crippen molar-refractivity contribution in [3.05, 3.63) is 29.8 Å². The van der Waals surface area contributed by atoms with E-state index in [0.717, 1.165) is 30.7 Å². The first kappa shape index (κ1) is 28.7. The molecule has 0 bridgehead atoms. The lowest BCUT2D eigenvalue weighted by atomic mass is 9.81. The second-order valence-electron chi connectivity index (χ2n) is 11.7. The zero-order valence-electron chi connectivity index (χ0n) is 23.3. The van der Waals surface area contributed by atoms with E-state index < -0.39 is 30.0 Å². The summed E-state index contributed by atoms with van der Waals surface area (Å²) in [5.41, 5.74) is 0.907. The third-order valence-corrected chi connectivity index (χ3v) is 9.17. The summed E-state index contributed by atoms with van der Waals surface area (Å²) >= 11 is 0. The monoisotopic (exact) mass is 561 g/mol. The van der Waals surface area contributed by atoms with E-state index in [1.54, 1.807) is 18.9 Å². The number of alkyl halides is 2.